The lowest BCUT2D eigenvalue weighted by Gasteiger charge is -2.10. The van der Waals surface area contributed by atoms with E-state index in [1.54, 1.807) is 25.7 Å². The molecule has 0 fully saturated rings. The number of nitrogens with one attached hydrogen (secondary N) is 2. The van der Waals surface area contributed by atoms with Crippen LogP contribution in [-0.4, -0.2) is 44.5 Å². The Hall–Kier alpha value is -5.05. The fourth-order valence-electron chi connectivity index (χ4n) is 4.16. The van der Waals surface area contributed by atoms with Gasteiger partial charge in [-0.1, -0.05) is 12.1 Å². The van der Waals surface area contributed by atoms with E-state index in [-0.39, 0.29) is 11.9 Å². The molecule has 9 heteroatoms. The molecule has 9 nitrogen and oxygen atoms in total. The van der Waals surface area contributed by atoms with Crippen molar-refractivity contribution >= 4 is 5.91 Å². The number of aromatic nitrogens is 5. The molecule has 0 aliphatic carbocycles. The second-order valence-corrected chi connectivity index (χ2v) is 8.46. The molecular weight excluding hydrogens is 468 g/mol. The Balaban J connectivity index is 1.16. The van der Waals surface area contributed by atoms with Crippen molar-refractivity contribution in [3.8, 4) is 51.4 Å². The molecule has 182 valence electrons. The number of methoxy groups -OCH3 is 1. The highest BCUT2D eigenvalue weighted by Crippen LogP contribution is 2.27. The number of hydrogen-bond donors (Lipinski definition) is 2. The van der Waals surface area contributed by atoms with Crippen molar-refractivity contribution in [2.45, 2.75) is 6.42 Å². The zero-order chi connectivity index (χ0) is 25.2. The number of carbonyl (C=O) groups is 1. The van der Waals surface area contributed by atoms with Gasteiger partial charge >= 0.3 is 6.01 Å². The van der Waals surface area contributed by atoms with Crippen LogP contribution in [0.2, 0.25) is 0 Å². The van der Waals surface area contributed by atoms with E-state index in [2.05, 4.69) is 25.3 Å². The van der Waals surface area contributed by atoms with Crippen LogP contribution in [0.4, 0.5) is 0 Å². The molecule has 2 aromatic carbocycles. The SMILES string of the molecule is COc1ccc(-c2cnc(Oc3ccc(-c4nccc(-c5cc6c([nH]5)CCNC6=O)n4)cc3)nc2)cc1. The van der Waals surface area contributed by atoms with Crippen LogP contribution in [0.25, 0.3) is 33.9 Å². The van der Waals surface area contributed by atoms with Crippen LogP contribution in [0.3, 0.4) is 0 Å². The maximum atomic E-state index is 12.1. The highest BCUT2D eigenvalue weighted by atomic mass is 16.5. The van der Waals surface area contributed by atoms with E-state index in [0.29, 0.717) is 23.7 Å². The number of carbonyl (C=O) groups excluding carboxylic acids is 1. The van der Waals surface area contributed by atoms with Crippen LogP contribution < -0.4 is 14.8 Å². The topological polar surface area (TPSA) is 115 Å². The fraction of sp³-hybridized carbons (Fsp3) is 0.107. The monoisotopic (exact) mass is 490 g/mol. The number of aromatic amines is 1. The van der Waals surface area contributed by atoms with Gasteiger partial charge in [-0.2, -0.15) is 0 Å². The first-order chi connectivity index (χ1) is 18.2. The highest BCUT2D eigenvalue weighted by molar-refractivity contribution is 5.97. The molecule has 3 aromatic heterocycles. The van der Waals surface area contributed by atoms with Crippen molar-refractivity contribution < 1.29 is 14.3 Å². The second kappa shape index (κ2) is 9.54. The number of ether oxygens (including phenoxy) is 2. The molecule has 37 heavy (non-hydrogen) atoms. The number of H-pyrrole nitrogens is 1. The van der Waals surface area contributed by atoms with Crippen LogP contribution >= 0.6 is 0 Å². The third-order valence-corrected chi connectivity index (χ3v) is 6.11. The lowest BCUT2D eigenvalue weighted by molar-refractivity contribution is 0.0946. The van der Waals surface area contributed by atoms with Gasteiger partial charge in [0.2, 0.25) is 0 Å². The lowest BCUT2D eigenvalue weighted by Crippen LogP contribution is -2.31. The van der Waals surface area contributed by atoms with Gasteiger partial charge in [-0.25, -0.2) is 19.9 Å². The van der Waals surface area contributed by atoms with E-state index in [1.807, 2.05) is 60.7 Å². The Labute approximate surface area is 212 Å². The number of fused-ring (bicyclic) bond motifs is 1. The van der Waals surface area contributed by atoms with E-state index in [1.165, 1.54) is 0 Å². The quantitative estimate of drug-likeness (QED) is 0.355. The first-order valence-corrected chi connectivity index (χ1v) is 11.7. The van der Waals surface area contributed by atoms with Crippen molar-refractivity contribution in [2.75, 3.05) is 13.7 Å². The third kappa shape index (κ3) is 4.62. The van der Waals surface area contributed by atoms with Gasteiger partial charge < -0.3 is 19.8 Å². The summed E-state index contributed by atoms with van der Waals surface area (Å²) in [5.74, 6) is 1.90. The van der Waals surface area contributed by atoms with E-state index in [9.17, 15) is 4.79 Å². The number of hydrogen-bond acceptors (Lipinski definition) is 7. The first kappa shape index (κ1) is 22.4. The molecule has 0 saturated heterocycles. The Bertz CT molecular complexity index is 1560. The molecule has 0 atom stereocenters. The summed E-state index contributed by atoms with van der Waals surface area (Å²) in [4.78, 5) is 33.2. The summed E-state index contributed by atoms with van der Waals surface area (Å²) < 4.78 is 11.0. The van der Waals surface area contributed by atoms with Crippen LogP contribution in [-0.2, 0) is 6.42 Å². The maximum Gasteiger partial charge on any atom is 0.321 e. The largest absolute Gasteiger partial charge is 0.497 e. The summed E-state index contributed by atoms with van der Waals surface area (Å²) in [6.45, 7) is 0.632. The maximum absolute atomic E-state index is 12.1. The zero-order valence-electron chi connectivity index (χ0n) is 19.9. The highest BCUT2D eigenvalue weighted by Gasteiger charge is 2.20. The normalized spacial score (nSPS) is 12.5. The molecule has 1 aliphatic heterocycles. The van der Waals surface area contributed by atoms with Gasteiger partial charge in [0.25, 0.3) is 5.91 Å². The molecule has 0 unspecified atom stereocenters. The number of rotatable bonds is 6. The van der Waals surface area contributed by atoms with Gasteiger partial charge in [0.1, 0.15) is 11.5 Å². The molecule has 0 radical (unpaired) electrons. The van der Waals surface area contributed by atoms with Crippen molar-refractivity contribution in [2.24, 2.45) is 0 Å². The lowest BCUT2D eigenvalue weighted by atomic mass is 10.1. The molecule has 0 spiro atoms. The summed E-state index contributed by atoms with van der Waals surface area (Å²) >= 11 is 0. The Kier molecular flexibility index (Phi) is 5.78. The third-order valence-electron chi connectivity index (χ3n) is 6.11. The number of amides is 1. The smallest absolute Gasteiger partial charge is 0.321 e. The van der Waals surface area contributed by atoms with Crippen molar-refractivity contribution in [1.82, 2.24) is 30.2 Å². The molecule has 2 N–H and O–H groups in total. The molecular formula is C28H22N6O3. The summed E-state index contributed by atoms with van der Waals surface area (Å²) in [6.07, 6.45) is 5.93. The van der Waals surface area contributed by atoms with Gasteiger partial charge in [-0.3, -0.25) is 4.79 Å². The van der Waals surface area contributed by atoms with E-state index in [0.717, 1.165) is 45.9 Å². The second-order valence-electron chi connectivity index (χ2n) is 8.46. The molecule has 6 rings (SSSR count). The Morgan fingerprint density at radius 2 is 1.57 bits per heavy atom. The van der Waals surface area contributed by atoms with E-state index < -0.39 is 0 Å². The van der Waals surface area contributed by atoms with Crippen molar-refractivity contribution in [3.63, 3.8) is 0 Å². The van der Waals surface area contributed by atoms with Gasteiger partial charge in [0.05, 0.1) is 24.1 Å². The molecule has 1 amide bonds. The zero-order valence-corrected chi connectivity index (χ0v) is 19.9. The standard InChI is InChI=1S/C28H22N6O3/c1-36-20-6-2-17(3-7-20)19-15-31-28(32-16-19)37-21-8-4-18(5-9-21)26-29-12-11-24(34-26)25-14-22-23(33-25)10-13-30-27(22)35/h2-9,11-12,14-16,33H,10,13H2,1H3,(H,30,35). The van der Waals surface area contributed by atoms with Gasteiger partial charge in [-0.05, 0) is 54.1 Å². The molecule has 1 aliphatic rings. The van der Waals surface area contributed by atoms with Crippen molar-refractivity contribution in [1.29, 1.82) is 0 Å². The van der Waals surface area contributed by atoms with Crippen LogP contribution in [0.15, 0.2) is 79.3 Å². The summed E-state index contributed by atoms with van der Waals surface area (Å²) in [6, 6.07) is 19.0. The van der Waals surface area contributed by atoms with Crippen LogP contribution in [0.1, 0.15) is 16.1 Å². The van der Waals surface area contributed by atoms with E-state index in [4.69, 9.17) is 14.5 Å². The van der Waals surface area contributed by atoms with Crippen LogP contribution in [0.5, 0.6) is 17.5 Å². The fourth-order valence-corrected chi connectivity index (χ4v) is 4.16. The van der Waals surface area contributed by atoms with Gasteiger partial charge in [-0.15, -0.1) is 0 Å². The molecule has 5 aromatic rings. The summed E-state index contributed by atoms with van der Waals surface area (Å²) in [5, 5.41) is 2.86. The number of benzene rings is 2. The summed E-state index contributed by atoms with van der Waals surface area (Å²) in [7, 11) is 1.64. The Morgan fingerprint density at radius 1 is 0.838 bits per heavy atom. The van der Waals surface area contributed by atoms with E-state index >= 15 is 0 Å². The Morgan fingerprint density at radius 3 is 2.30 bits per heavy atom. The average molecular weight is 491 g/mol. The first-order valence-electron chi connectivity index (χ1n) is 11.7. The summed E-state index contributed by atoms with van der Waals surface area (Å²) in [5.41, 5.74) is 5.81. The van der Waals surface area contributed by atoms with Gasteiger partial charge in [0.15, 0.2) is 5.82 Å². The molecule has 4 heterocycles. The molecule has 0 bridgehead atoms. The average Bonchev–Trinajstić information content (AvgIpc) is 3.40. The van der Waals surface area contributed by atoms with Crippen LogP contribution in [0, 0.1) is 0 Å². The number of nitrogens with zero attached hydrogens (tertiary/aromatic N) is 4. The van der Waals surface area contributed by atoms with Gasteiger partial charge in [0, 0.05) is 48.4 Å². The predicted octanol–water partition coefficient (Wildman–Crippen LogP) is 4.68. The minimum Gasteiger partial charge on any atom is -0.497 e. The molecule has 0 saturated carbocycles. The minimum atomic E-state index is -0.0621. The minimum absolute atomic E-state index is 0.0621. The van der Waals surface area contributed by atoms with Crippen molar-refractivity contribution in [3.05, 3.63) is 90.5 Å². The predicted molar refractivity (Wildman–Crippen MR) is 137 cm³/mol.